The summed E-state index contributed by atoms with van der Waals surface area (Å²) in [4.78, 5) is 13.8. The zero-order valence-electron chi connectivity index (χ0n) is 47.0. The molecular formula is C63H126O5. The van der Waals surface area contributed by atoms with Crippen LogP contribution in [0, 0.1) is 11.3 Å². The van der Waals surface area contributed by atoms with Gasteiger partial charge in [-0.3, -0.25) is 4.79 Å². The number of carbonyl (C=O) groups is 1. The number of hydrogen-bond donors (Lipinski definition) is 4. The van der Waals surface area contributed by atoms with Crippen molar-refractivity contribution in [2.24, 2.45) is 11.3 Å². The van der Waals surface area contributed by atoms with Gasteiger partial charge < -0.3 is 20.4 Å². The first kappa shape index (κ1) is 69.2. The predicted octanol–water partition coefficient (Wildman–Crippen LogP) is 20.5. The molecular weight excluding hydrogens is 837 g/mol. The van der Waals surface area contributed by atoms with Crippen LogP contribution in [0.5, 0.6) is 0 Å². The summed E-state index contributed by atoms with van der Waals surface area (Å²) >= 11 is 0. The Bertz CT molecular complexity index is 933. The van der Waals surface area contributed by atoms with Gasteiger partial charge in [0.05, 0.1) is 18.6 Å². The second-order valence-electron chi connectivity index (χ2n) is 21.8. The van der Waals surface area contributed by atoms with Crippen molar-refractivity contribution in [2.45, 2.75) is 361 Å². The van der Waals surface area contributed by atoms with E-state index in [4.69, 9.17) is 15.3 Å². The molecule has 408 valence electrons. The SMILES string of the molecule is CCCCCCCC/C=C\CCCCCC(CCCCCCCCCCCCCC)C(CCCCCCCCCCCCCC)(CCCCCCCCCCCCCC)C(=O)O.OCC(O)CO. The largest absolute Gasteiger partial charge is 0.481 e. The number of aliphatic carboxylic acids is 1. The van der Waals surface area contributed by atoms with Crippen molar-refractivity contribution < 1.29 is 25.2 Å². The van der Waals surface area contributed by atoms with Gasteiger partial charge in [0.2, 0.25) is 0 Å². The average Bonchev–Trinajstić information content (AvgIpc) is 3.34. The predicted molar refractivity (Wildman–Crippen MR) is 301 cm³/mol. The van der Waals surface area contributed by atoms with Gasteiger partial charge in [-0.1, -0.05) is 316 Å². The molecule has 0 bridgehead atoms. The van der Waals surface area contributed by atoms with Gasteiger partial charge in [-0.15, -0.1) is 0 Å². The van der Waals surface area contributed by atoms with Gasteiger partial charge in [0.15, 0.2) is 0 Å². The van der Waals surface area contributed by atoms with Crippen LogP contribution in [-0.4, -0.2) is 45.7 Å². The molecule has 0 heterocycles. The summed E-state index contributed by atoms with van der Waals surface area (Å²) in [6.07, 6.45) is 71.1. The topological polar surface area (TPSA) is 98.0 Å². The van der Waals surface area contributed by atoms with E-state index in [0.717, 1.165) is 38.5 Å². The Morgan fingerprint density at radius 2 is 0.574 bits per heavy atom. The fraction of sp³-hybridized carbons (Fsp3) is 0.952. The molecule has 0 aromatic rings. The smallest absolute Gasteiger partial charge is 0.309 e. The lowest BCUT2D eigenvalue weighted by molar-refractivity contribution is -0.155. The van der Waals surface area contributed by atoms with Crippen LogP contribution in [0.2, 0.25) is 0 Å². The van der Waals surface area contributed by atoms with Gasteiger partial charge in [-0.2, -0.15) is 0 Å². The molecule has 0 saturated heterocycles. The third kappa shape index (κ3) is 48.7. The van der Waals surface area contributed by atoms with Crippen LogP contribution in [0.1, 0.15) is 355 Å². The summed E-state index contributed by atoms with van der Waals surface area (Å²) in [6, 6.07) is 0. The first-order chi connectivity index (χ1) is 33.4. The Kier molecular flexibility index (Phi) is 59.7. The highest BCUT2D eigenvalue weighted by molar-refractivity contribution is 5.75. The van der Waals surface area contributed by atoms with Gasteiger partial charge in [-0.05, 0) is 57.3 Å². The van der Waals surface area contributed by atoms with Gasteiger partial charge in [-0.25, -0.2) is 0 Å². The fourth-order valence-corrected chi connectivity index (χ4v) is 10.6. The third-order valence-electron chi connectivity index (χ3n) is 15.3. The lowest BCUT2D eigenvalue weighted by Crippen LogP contribution is -2.39. The highest BCUT2D eigenvalue weighted by Gasteiger charge is 2.44. The van der Waals surface area contributed by atoms with Crippen molar-refractivity contribution in [3.63, 3.8) is 0 Å². The maximum atomic E-state index is 13.8. The molecule has 0 aromatic heterocycles. The van der Waals surface area contributed by atoms with Crippen molar-refractivity contribution in [3.05, 3.63) is 12.2 Å². The minimum atomic E-state index is -0.954. The Morgan fingerprint density at radius 1 is 0.353 bits per heavy atom. The highest BCUT2D eigenvalue weighted by Crippen LogP contribution is 2.45. The van der Waals surface area contributed by atoms with Crippen molar-refractivity contribution in [3.8, 4) is 0 Å². The minimum absolute atomic E-state index is 0.340. The van der Waals surface area contributed by atoms with Crippen LogP contribution in [0.3, 0.4) is 0 Å². The molecule has 0 amide bonds. The average molecular weight is 964 g/mol. The molecule has 0 rings (SSSR count). The molecule has 68 heavy (non-hydrogen) atoms. The van der Waals surface area contributed by atoms with Crippen LogP contribution in [0.4, 0.5) is 0 Å². The zero-order chi connectivity index (χ0) is 50.1. The lowest BCUT2D eigenvalue weighted by atomic mass is 9.65. The number of allylic oxidation sites excluding steroid dienone is 2. The normalized spacial score (nSPS) is 12.4. The van der Waals surface area contributed by atoms with E-state index in [0.29, 0.717) is 5.92 Å². The molecule has 0 aliphatic heterocycles. The van der Waals surface area contributed by atoms with Crippen molar-refractivity contribution in [2.75, 3.05) is 13.2 Å². The Morgan fingerprint density at radius 3 is 0.809 bits per heavy atom. The summed E-state index contributed by atoms with van der Waals surface area (Å²) in [7, 11) is 0. The van der Waals surface area contributed by atoms with Gasteiger partial charge in [0.25, 0.3) is 0 Å². The van der Waals surface area contributed by atoms with E-state index in [-0.39, 0.29) is 13.2 Å². The molecule has 0 aliphatic rings. The molecule has 0 radical (unpaired) electrons. The van der Waals surface area contributed by atoms with Crippen LogP contribution < -0.4 is 0 Å². The summed E-state index contributed by atoms with van der Waals surface area (Å²) in [5.74, 6) is -0.100. The third-order valence-corrected chi connectivity index (χ3v) is 15.3. The number of aliphatic hydroxyl groups excluding tert-OH is 3. The van der Waals surface area contributed by atoms with Gasteiger partial charge in [0, 0.05) is 0 Å². The molecule has 5 nitrogen and oxygen atoms in total. The Balaban J connectivity index is 0. The van der Waals surface area contributed by atoms with E-state index in [2.05, 4.69) is 39.8 Å². The van der Waals surface area contributed by atoms with E-state index < -0.39 is 17.5 Å². The van der Waals surface area contributed by atoms with E-state index in [1.54, 1.807) is 0 Å². The summed E-state index contributed by atoms with van der Waals surface area (Å²) in [5.41, 5.74) is -0.522. The molecule has 0 aromatic carbocycles. The molecule has 1 atom stereocenters. The number of hydrogen-bond acceptors (Lipinski definition) is 4. The number of unbranched alkanes of at least 4 members (excludes halogenated alkanes) is 42. The molecule has 4 N–H and O–H groups in total. The second kappa shape index (κ2) is 58.7. The number of carboxylic acid groups (broad SMARTS) is 1. The van der Waals surface area contributed by atoms with Crippen LogP contribution in [0.25, 0.3) is 0 Å². The molecule has 0 spiro atoms. The number of rotatable bonds is 56. The summed E-state index contributed by atoms with van der Waals surface area (Å²) in [5, 5.41) is 35.4. The summed E-state index contributed by atoms with van der Waals surface area (Å²) in [6.45, 7) is 8.48. The van der Waals surface area contributed by atoms with Crippen LogP contribution in [0.15, 0.2) is 12.2 Å². The highest BCUT2D eigenvalue weighted by atomic mass is 16.4. The molecule has 5 heteroatoms. The van der Waals surface area contributed by atoms with Crippen molar-refractivity contribution >= 4 is 5.97 Å². The zero-order valence-corrected chi connectivity index (χ0v) is 47.0. The number of carboxylic acids is 1. The minimum Gasteiger partial charge on any atom is -0.481 e. The van der Waals surface area contributed by atoms with Gasteiger partial charge in [0.1, 0.15) is 6.10 Å². The maximum Gasteiger partial charge on any atom is 0.309 e. The lowest BCUT2D eigenvalue weighted by Gasteiger charge is -2.38. The summed E-state index contributed by atoms with van der Waals surface area (Å²) < 4.78 is 0. The van der Waals surface area contributed by atoms with Crippen molar-refractivity contribution in [1.29, 1.82) is 0 Å². The first-order valence-corrected chi connectivity index (χ1v) is 31.2. The Hall–Kier alpha value is -0.910. The fourth-order valence-electron chi connectivity index (χ4n) is 10.6. The van der Waals surface area contributed by atoms with Gasteiger partial charge >= 0.3 is 5.97 Å². The molecule has 0 saturated carbocycles. The standard InChI is InChI=1S/C60H118O2.C3H8O3/c1-5-9-13-17-21-25-29-33-35-39-43-47-51-55-58(54-50-46-42-38-34-30-26-22-18-14-10-6-2)60(59(61)62,56-52-48-44-40-36-31-27-23-19-15-11-7-3)57-53-49-45-41-37-32-28-24-20-16-12-8-4;4-1-3(6)2-5/h33,35,58H,5-32,34,36-57H2,1-4H3,(H,61,62);3-6H,1-2H2/b35-33-;. The quantitative estimate of drug-likeness (QED) is 0.0360. The number of aliphatic hydroxyl groups is 3. The Labute approximate surface area is 427 Å². The van der Waals surface area contributed by atoms with Crippen LogP contribution >= 0.6 is 0 Å². The van der Waals surface area contributed by atoms with E-state index in [1.807, 2.05) is 0 Å². The monoisotopic (exact) mass is 963 g/mol. The van der Waals surface area contributed by atoms with E-state index in [9.17, 15) is 9.90 Å². The van der Waals surface area contributed by atoms with Crippen molar-refractivity contribution in [1.82, 2.24) is 0 Å². The first-order valence-electron chi connectivity index (χ1n) is 31.2. The molecule has 0 aliphatic carbocycles. The van der Waals surface area contributed by atoms with Crippen LogP contribution in [-0.2, 0) is 4.79 Å². The van der Waals surface area contributed by atoms with E-state index in [1.165, 1.54) is 289 Å². The molecule has 0 fully saturated rings. The maximum absolute atomic E-state index is 13.8. The van der Waals surface area contributed by atoms with E-state index >= 15 is 0 Å². The molecule has 1 unspecified atom stereocenters. The second-order valence-corrected chi connectivity index (χ2v) is 21.8.